The molecule has 1 heterocycles. The summed E-state index contributed by atoms with van der Waals surface area (Å²) in [6, 6.07) is 12.5. The van der Waals surface area contributed by atoms with Gasteiger partial charge in [0.2, 0.25) is 5.91 Å². The standard InChI is InChI=1S/C19H20FN3O3/c1-26-17-4-2-3-15(10-17)22-19(25)21-11-13-9-18(24)23(12-13)16-7-5-14(20)6-8-16/h2-8,10,13H,9,11-12H2,1H3,(H2,21,22,25)/t13-/m0/s1. The Labute approximate surface area is 150 Å². The van der Waals surface area contributed by atoms with E-state index >= 15 is 0 Å². The molecule has 0 unspecified atom stereocenters. The molecule has 0 aromatic heterocycles. The van der Waals surface area contributed by atoms with Gasteiger partial charge in [0.05, 0.1) is 7.11 Å². The molecule has 3 amide bonds. The number of carbonyl (C=O) groups excluding carboxylic acids is 2. The van der Waals surface area contributed by atoms with E-state index in [4.69, 9.17) is 4.74 Å². The Bertz CT molecular complexity index is 795. The maximum Gasteiger partial charge on any atom is 0.319 e. The van der Waals surface area contributed by atoms with Crippen molar-refractivity contribution in [2.24, 2.45) is 5.92 Å². The molecule has 26 heavy (non-hydrogen) atoms. The molecule has 1 atom stereocenters. The molecule has 3 rings (SSSR count). The highest BCUT2D eigenvalue weighted by Crippen LogP contribution is 2.25. The van der Waals surface area contributed by atoms with E-state index in [9.17, 15) is 14.0 Å². The number of methoxy groups -OCH3 is 1. The molecule has 0 spiro atoms. The van der Waals surface area contributed by atoms with Gasteiger partial charge < -0.3 is 20.3 Å². The lowest BCUT2D eigenvalue weighted by atomic mass is 10.1. The van der Waals surface area contributed by atoms with Crippen LogP contribution >= 0.6 is 0 Å². The Morgan fingerprint density at radius 2 is 2.04 bits per heavy atom. The van der Waals surface area contributed by atoms with Crippen molar-refractivity contribution in [3.8, 4) is 5.75 Å². The molecule has 0 bridgehead atoms. The summed E-state index contributed by atoms with van der Waals surface area (Å²) in [4.78, 5) is 25.8. The van der Waals surface area contributed by atoms with Gasteiger partial charge in [0.1, 0.15) is 11.6 Å². The third-order valence-electron chi connectivity index (χ3n) is 4.22. The minimum atomic E-state index is -0.342. The van der Waals surface area contributed by atoms with Crippen molar-refractivity contribution in [1.29, 1.82) is 0 Å². The highest BCUT2D eigenvalue weighted by atomic mass is 19.1. The molecule has 0 radical (unpaired) electrons. The van der Waals surface area contributed by atoms with Crippen LogP contribution in [0.3, 0.4) is 0 Å². The second kappa shape index (κ2) is 7.86. The number of anilines is 2. The smallest absolute Gasteiger partial charge is 0.319 e. The lowest BCUT2D eigenvalue weighted by Gasteiger charge is -2.17. The van der Waals surface area contributed by atoms with Gasteiger partial charge in [-0.1, -0.05) is 6.07 Å². The molecule has 0 saturated carbocycles. The Balaban J connectivity index is 1.51. The summed E-state index contributed by atoms with van der Waals surface area (Å²) in [6.07, 6.45) is 0.344. The fourth-order valence-electron chi connectivity index (χ4n) is 2.90. The van der Waals surface area contributed by atoms with Gasteiger partial charge in [0, 0.05) is 42.9 Å². The van der Waals surface area contributed by atoms with Crippen molar-refractivity contribution in [3.63, 3.8) is 0 Å². The fourth-order valence-corrected chi connectivity index (χ4v) is 2.90. The lowest BCUT2D eigenvalue weighted by molar-refractivity contribution is -0.117. The van der Waals surface area contributed by atoms with E-state index in [0.717, 1.165) is 0 Å². The monoisotopic (exact) mass is 357 g/mol. The van der Waals surface area contributed by atoms with Crippen LogP contribution in [0.25, 0.3) is 0 Å². The second-order valence-electron chi connectivity index (χ2n) is 6.12. The van der Waals surface area contributed by atoms with Crippen LogP contribution in [0.5, 0.6) is 5.75 Å². The number of carbonyl (C=O) groups is 2. The van der Waals surface area contributed by atoms with E-state index in [1.807, 2.05) is 0 Å². The van der Waals surface area contributed by atoms with Gasteiger partial charge in [0.25, 0.3) is 0 Å². The van der Waals surface area contributed by atoms with E-state index < -0.39 is 0 Å². The molecular formula is C19H20FN3O3. The van der Waals surface area contributed by atoms with Crippen LogP contribution in [0.4, 0.5) is 20.6 Å². The zero-order valence-corrected chi connectivity index (χ0v) is 14.4. The van der Waals surface area contributed by atoms with Gasteiger partial charge in [-0.3, -0.25) is 4.79 Å². The van der Waals surface area contributed by atoms with Crippen LogP contribution in [0, 0.1) is 11.7 Å². The van der Waals surface area contributed by atoms with Crippen LogP contribution in [-0.2, 0) is 4.79 Å². The largest absolute Gasteiger partial charge is 0.497 e. The molecule has 136 valence electrons. The third-order valence-corrected chi connectivity index (χ3v) is 4.22. The van der Waals surface area contributed by atoms with Crippen LogP contribution < -0.4 is 20.3 Å². The SMILES string of the molecule is COc1cccc(NC(=O)NC[C@@H]2CC(=O)N(c3ccc(F)cc3)C2)c1. The first-order valence-electron chi connectivity index (χ1n) is 8.30. The van der Waals surface area contributed by atoms with Gasteiger partial charge in [-0.25, -0.2) is 9.18 Å². The molecule has 7 heteroatoms. The minimum absolute atomic E-state index is 0.00334. The molecule has 0 aliphatic carbocycles. The van der Waals surface area contributed by atoms with Crippen molar-refractivity contribution in [1.82, 2.24) is 5.32 Å². The summed E-state index contributed by atoms with van der Waals surface area (Å²) in [5.41, 5.74) is 1.29. The first-order valence-corrected chi connectivity index (χ1v) is 8.30. The highest BCUT2D eigenvalue weighted by Gasteiger charge is 2.30. The Kier molecular flexibility index (Phi) is 5.36. The molecule has 2 aromatic rings. The number of ether oxygens (including phenoxy) is 1. The zero-order valence-electron chi connectivity index (χ0n) is 14.4. The molecule has 1 fully saturated rings. The topological polar surface area (TPSA) is 70.7 Å². The highest BCUT2D eigenvalue weighted by molar-refractivity contribution is 5.96. The first-order chi connectivity index (χ1) is 12.5. The van der Waals surface area contributed by atoms with Gasteiger partial charge in [-0.2, -0.15) is 0 Å². The van der Waals surface area contributed by atoms with E-state index in [2.05, 4.69) is 10.6 Å². The predicted octanol–water partition coefficient (Wildman–Crippen LogP) is 3.01. The van der Waals surface area contributed by atoms with E-state index in [0.29, 0.717) is 36.6 Å². The van der Waals surface area contributed by atoms with Crippen molar-refractivity contribution in [3.05, 3.63) is 54.3 Å². The first kappa shape index (κ1) is 17.7. The number of hydrogen-bond donors (Lipinski definition) is 2. The van der Waals surface area contributed by atoms with Crippen LogP contribution in [0.1, 0.15) is 6.42 Å². The van der Waals surface area contributed by atoms with Crippen LogP contribution in [-0.4, -0.2) is 32.1 Å². The van der Waals surface area contributed by atoms with Gasteiger partial charge in [0.15, 0.2) is 0 Å². The molecule has 1 saturated heterocycles. The number of urea groups is 1. The quantitative estimate of drug-likeness (QED) is 0.864. The van der Waals surface area contributed by atoms with E-state index in [-0.39, 0.29) is 23.7 Å². The number of hydrogen-bond acceptors (Lipinski definition) is 3. The predicted molar refractivity (Wildman–Crippen MR) is 96.9 cm³/mol. The van der Waals surface area contributed by atoms with Crippen LogP contribution in [0.2, 0.25) is 0 Å². The number of rotatable bonds is 5. The van der Waals surface area contributed by atoms with Crippen LogP contribution in [0.15, 0.2) is 48.5 Å². The van der Waals surface area contributed by atoms with Gasteiger partial charge in [-0.05, 0) is 36.4 Å². The average Bonchev–Trinajstić information content (AvgIpc) is 3.01. The number of halogens is 1. The lowest BCUT2D eigenvalue weighted by Crippen LogP contribution is -2.34. The minimum Gasteiger partial charge on any atom is -0.497 e. The van der Waals surface area contributed by atoms with Crippen molar-refractivity contribution < 1.29 is 18.7 Å². The number of nitrogens with one attached hydrogen (secondary N) is 2. The Morgan fingerprint density at radius 3 is 2.77 bits per heavy atom. The maximum atomic E-state index is 13.0. The molecule has 2 N–H and O–H groups in total. The summed E-state index contributed by atoms with van der Waals surface area (Å²) in [5.74, 6) is 0.284. The number of nitrogens with zero attached hydrogens (tertiary/aromatic N) is 1. The Hall–Kier alpha value is -3.09. The summed E-state index contributed by atoms with van der Waals surface area (Å²) < 4.78 is 18.1. The summed E-state index contributed by atoms with van der Waals surface area (Å²) >= 11 is 0. The molecule has 1 aliphatic heterocycles. The summed E-state index contributed by atoms with van der Waals surface area (Å²) in [5, 5.41) is 5.51. The fraction of sp³-hybridized carbons (Fsp3) is 0.263. The summed E-state index contributed by atoms with van der Waals surface area (Å²) in [7, 11) is 1.56. The maximum absolute atomic E-state index is 13.0. The number of amides is 3. The van der Waals surface area contributed by atoms with Gasteiger partial charge >= 0.3 is 6.03 Å². The second-order valence-corrected chi connectivity index (χ2v) is 6.12. The van der Waals surface area contributed by atoms with Gasteiger partial charge in [-0.15, -0.1) is 0 Å². The van der Waals surface area contributed by atoms with Crippen molar-refractivity contribution in [2.45, 2.75) is 6.42 Å². The average molecular weight is 357 g/mol. The van der Waals surface area contributed by atoms with Crippen molar-refractivity contribution >= 4 is 23.3 Å². The van der Waals surface area contributed by atoms with E-state index in [1.165, 1.54) is 12.1 Å². The molecule has 2 aromatic carbocycles. The Morgan fingerprint density at radius 1 is 1.27 bits per heavy atom. The molecular weight excluding hydrogens is 337 g/mol. The summed E-state index contributed by atoms with van der Waals surface area (Å²) in [6.45, 7) is 0.864. The van der Waals surface area contributed by atoms with Crippen molar-refractivity contribution in [2.75, 3.05) is 30.4 Å². The third kappa shape index (κ3) is 4.30. The zero-order chi connectivity index (χ0) is 18.5. The van der Waals surface area contributed by atoms with E-state index in [1.54, 1.807) is 48.4 Å². The molecule has 1 aliphatic rings. The molecule has 6 nitrogen and oxygen atoms in total. The number of benzene rings is 2. The normalized spacial score (nSPS) is 16.5.